The van der Waals surface area contributed by atoms with E-state index in [-0.39, 0.29) is 47.1 Å². The minimum atomic E-state index is -0.166. The molecule has 4 atom stereocenters. The molecule has 23 heavy (non-hydrogen) atoms. The van der Waals surface area contributed by atoms with Crippen LogP contribution in [0.15, 0.2) is 23.3 Å². The van der Waals surface area contributed by atoms with E-state index in [1.807, 2.05) is 27.7 Å². The first-order valence-electron chi connectivity index (χ1n) is 8.93. The fraction of sp³-hybridized carbons (Fsp3) is 0.714. The van der Waals surface area contributed by atoms with Crippen LogP contribution in [0.5, 0.6) is 0 Å². The first-order valence-corrected chi connectivity index (χ1v) is 8.93. The lowest BCUT2D eigenvalue weighted by atomic mass is 9.75. The van der Waals surface area contributed by atoms with Crippen LogP contribution >= 0.6 is 0 Å². The molecule has 1 aliphatic carbocycles. The molecule has 1 rings (SSSR count). The fourth-order valence-corrected chi connectivity index (χ4v) is 3.89. The predicted molar refractivity (Wildman–Crippen MR) is 97.1 cm³/mol. The molecule has 0 saturated heterocycles. The third-order valence-corrected chi connectivity index (χ3v) is 4.74. The molecule has 0 bridgehead atoms. The van der Waals surface area contributed by atoms with E-state index in [2.05, 4.69) is 39.8 Å². The normalized spacial score (nSPS) is 27.2. The zero-order chi connectivity index (χ0) is 17.9. The molecule has 0 radical (unpaired) electrons. The van der Waals surface area contributed by atoms with Crippen LogP contribution in [0, 0.1) is 35.5 Å². The second-order valence-corrected chi connectivity index (χ2v) is 8.22. The van der Waals surface area contributed by atoms with E-state index in [4.69, 9.17) is 0 Å². The number of allylic oxidation sites excluding steroid dienone is 4. The van der Waals surface area contributed by atoms with Crippen molar-refractivity contribution >= 4 is 11.6 Å². The number of rotatable bonds is 6. The summed E-state index contributed by atoms with van der Waals surface area (Å²) < 4.78 is 0. The summed E-state index contributed by atoms with van der Waals surface area (Å²) in [6.07, 6.45) is 5.33. The molecule has 0 N–H and O–H groups in total. The Bertz CT molecular complexity index is 454. The minimum Gasteiger partial charge on any atom is -0.299 e. The summed E-state index contributed by atoms with van der Waals surface area (Å²) in [5.41, 5.74) is 2.45. The zero-order valence-corrected chi connectivity index (χ0v) is 16.1. The highest BCUT2D eigenvalue weighted by molar-refractivity contribution is 5.92. The van der Waals surface area contributed by atoms with Gasteiger partial charge in [-0.15, -0.1) is 0 Å². The maximum absolute atomic E-state index is 12.9. The molecule has 1 fully saturated rings. The standard InChI is InChI=1S/C21H34O2/c1-12(2)9-16-11-17(10-13(3)4)19(21(23)15(7)8)18(16)20(22)14(5)6/h9-10,14-19H,11H2,1-8H3. The molecular weight excluding hydrogens is 284 g/mol. The van der Waals surface area contributed by atoms with Crippen molar-refractivity contribution in [2.45, 2.75) is 61.8 Å². The average Bonchev–Trinajstić information content (AvgIpc) is 2.72. The Morgan fingerprint density at radius 2 is 1.04 bits per heavy atom. The van der Waals surface area contributed by atoms with Crippen LogP contribution in [0.25, 0.3) is 0 Å². The Kier molecular flexibility index (Phi) is 6.98. The van der Waals surface area contributed by atoms with Crippen LogP contribution in [-0.2, 0) is 9.59 Å². The number of carbonyl (C=O) groups excluding carboxylic acids is 2. The Labute approximate surface area is 142 Å². The van der Waals surface area contributed by atoms with Crippen molar-refractivity contribution in [1.29, 1.82) is 0 Å². The summed E-state index contributed by atoms with van der Waals surface area (Å²) in [7, 11) is 0. The van der Waals surface area contributed by atoms with Crippen LogP contribution in [0.3, 0.4) is 0 Å². The van der Waals surface area contributed by atoms with E-state index in [1.54, 1.807) is 0 Å². The molecule has 1 saturated carbocycles. The van der Waals surface area contributed by atoms with Gasteiger partial charge < -0.3 is 0 Å². The van der Waals surface area contributed by atoms with Crippen LogP contribution in [-0.4, -0.2) is 11.6 Å². The largest absolute Gasteiger partial charge is 0.299 e. The van der Waals surface area contributed by atoms with Crippen molar-refractivity contribution in [2.75, 3.05) is 0 Å². The minimum absolute atomic E-state index is 0.0269. The van der Waals surface area contributed by atoms with Gasteiger partial charge in [-0.3, -0.25) is 9.59 Å². The molecule has 0 aliphatic heterocycles. The summed E-state index contributed by atoms with van der Waals surface area (Å²) in [6, 6.07) is 0. The summed E-state index contributed by atoms with van der Waals surface area (Å²) in [4.78, 5) is 25.8. The number of ketones is 2. The van der Waals surface area contributed by atoms with Gasteiger partial charge in [0.1, 0.15) is 11.6 Å². The maximum Gasteiger partial charge on any atom is 0.139 e. The van der Waals surface area contributed by atoms with E-state index in [0.717, 1.165) is 6.42 Å². The van der Waals surface area contributed by atoms with E-state index >= 15 is 0 Å². The molecule has 2 nitrogen and oxygen atoms in total. The van der Waals surface area contributed by atoms with Crippen LogP contribution in [0.4, 0.5) is 0 Å². The lowest BCUT2D eigenvalue weighted by molar-refractivity contribution is -0.135. The number of carbonyl (C=O) groups is 2. The topological polar surface area (TPSA) is 34.1 Å². The summed E-state index contributed by atoms with van der Waals surface area (Å²) in [6.45, 7) is 16.1. The van der Waals surface area contributed by atoms with Crippen molar-refractivity contribution in [3.05, 3.63) is 23.3 Å². The van der Waals surface area contributed by atoms with Gasteiger partial charge in [-0.2, -0.15) is 0 Å². The van der Waals surface area contributed by atoms with Crippen molar-refractivity contribution in [3.63, 3.8) is 0 Å². The number of Topliss-reactive ketones (excluding diaryl/α,β-unsaturated/α-hetero) is 2. The van der Waals surface area contributed by atoms with Crippen LogP contribution in [0.2, 0.25) is 0 Å². The molecule has 0 amide bonds. The van der Waals surface area contributed by atoms with Gasteiger partial charge in [0.05, 0.1) is 0 Å². The highest BCUT2D eigenvalue weighted by atomic mass is 16.1. The lowest BCUT2D eigenvalue weighted by Crippen LogP contribution is -2.35. The number of hydrogen-bond donors (Lipinski definition) is 0. The second kappa shape index (κ2) is 8.08. The molecule has 0 aromatic heterocycles. The Morgan fingerprint density at radius 3 is 1.26 bits per heavy atom. The van der Waals surface area contributed by atoms with Gasteiger partial charge >= 0.3 is 0 Å². The van der Waals surface area contributed by atoms with Gasteiger partial charge in [0.25, 0.3) is 0 Å². The van der Waals surface area contributed by atoms with Crippen molar-refractivity contribution in [2.24, 2.45) is 35.5 Å². The number of hydrogen-bond acceptors (Lipinski definition) is 2. The fourth-order valence-electron chi connectivity index (χ4n) is 3.89. The molecular formula is C21H34O2. The third-order valence-electron chi connectivity index (χ3n) is 4.74. The quantitative estimate of drug-likeness (QED) is 0.628. The Hall–Kier alpha value is -1.18. The van der Waals surface area contributed by atoms with Crippen molar-refractivity contribution in [1.82, 2.24) is 0 Å². The first kappa shape index (κ1) is 19.9. The van der Waals surface area contributed by atoms with E-state index in [1.165, 1.54) is 11.1 Å². The van der Waals surface area contributed by atoms with Crippen LogP contribution < -0.4 is 0 Å². The van der Waals surface area contributed by atoms with Crippen molar-refractivity contribution in [3.8, 4) is 0 Å². The van der Waals surface area contributed by atoms with E-state index in [0.29, 0.717) is 0 Å². The third kappa shape index (κ3) is 4.89. The highest BCUT2D eigenvalue weighted by Crippen LogP contribution is 2.46. The van der Waals surface area contributed by atoms with Gasteiger partial charge in [-0.1, -0.05) is 51.0 Å². The molecule has 4 unspecified atom stereocenters. The molecule has 0 spiro atoms. The molecule has 0 heterocycles. The first-order chi connectivity index (χ1) is 10.6. The Morgan fingerprint density at radius 1 is 0.739 bits per heavy atom. The van der Waals surface area contributed by atoms with Gasteiger partial charge in [0.15, 0.2) is 0 Å². The van der Waals surface area contributed by atoms with Gasteiger partial charge in [0, 0.05) is 23.7 Å². The molecule has 0 aromatic rings. The summed E-state index contributed by atoms with van der Waals surface area (Å²) in [5, 5.41) is 0. The van der Waals surface area contributed by atoms with Gasteiger partial charge in [-0.05, 0) is 46.0 Å². The van der Waals surface area contributed by atoms with Gasteiger partial charge in [-0.25, -0.2) is 0 Å². The molecule has 130 valence electrons. The Balaban J connectivity index is 3.37. The van der Waals surface area contributed by atoms with E-state index < -0.39 is 0 Å². The SMILES string of the molecule is CC(C)=CC1CC(C=C(C)C)C(C(=O)C(C)C)C1C(=O)C(C)C. The van der Waals surface area contributed by atoms with Gasteiger partial charge in [0.2, 0.25) is 0 Å². The average molecular weight is 319 g/mol. The highest BCUT2D eigenvalue weighted by Gasteiger charge is 2.49. The smallest absolute Gasteiger partial charge is 0.139 e. The summed E-state index contributed by atoms with van der Waals surface area (Å²) >= 11 is 0. The van der Waals surface area contributed by atoms with Crippen LogP contribution in [0.1, 0.15) is 61.8 Å². The molecule has 2 heteroatoms. The summed E-state index contributed by atoms with van der Waals surface area (Å²) in [5.74, 6) is 0.474. The predicted octanol–water partition coefficient (Wildman–Crippen LogP) is 5.24. The van der Waals surface area contributed by atoms with Crippen molar-refractivity contribution < 1.29 is 9.59 Å². The second-order valence-electron chi connectivity index (χ2n) is 8.22. The monoisotopic (exact) mass is 318 g/mol. The molecule has 0 aromatic carbocycles. The zero-order valence-electron chi connectivity index (χ0n) is 16.1. The maximum atomic E-state index is 12.9. The van der Waals surface area contributed by atoms with E-state index in [9.17, 15) is 9.59 Å². The lowest BCUT2D eigenvalue weighted by Gasteiger charge is -2.26. The molecule has 1 aliphatic rings.